The lowest BCUT2D eigenvalue weighted by Gasteiger charge is -2.21. The first kappa shape index (κ1) is 24.7. The quantitative estimate of drug-likeness (QED) is 0.419. The van der Waals surface area contributed by atoms with Gasteiger partial charge in [0.25, 0.3) is 0 Å². The van der Waals surface area contributed by atoms with Crippen molar-refractivity contribution in [2.45, 2.75) is 52.1 Å². The summed E-state index contributed by atoms with van der Waals surface area (Å²) in [6, 6.07) is 10.9. The van der Waals surface area contributed by atoms with Crippen molar-refractivity contribution < 1.29 is 14.3 Å². The van der Waals surface area contributed by atoms with E-state index >= 15 is 0 Å². The molecule has 0 bridgehead atoms. The minimum absolute atomic E-state index is 0.0569. The van der Waals surface area contributed by atoms with E-state index < -0.39 is 12.2 Å². The van der Waals surface area contributed by atoms with Crippen LogP contribution in [0.5, 0.6) is 0 Å². The summed E-state index contributed by atoms with van der Waals surface area (Å²) in [6.07, 6.45) is 5.75. The molecule has 3 aromatic rings. The number of ether oxygens (including phenoxy) is 1. The fraction of sp³-hybridized carbons (Fsp3) is 0.385. The molecule has 2 amide bonds. The molecular formula is C26H30ClN5O3. The lowest BCUT2D eigenvalue weighted by Crippen LogP contribution is -2.25. The molecule has 0 saturated heterocycles. The maximum Gasteiger partial charge on any atom is 0.413 e. The summed E-state index contributed by atoms with van der Waals surface area (Å²) >= 11 is 6.22. The highest BCUT2D eigenvalue weighted by Gasteiger charge is 2.23. The van der Waals surface area contributed by atoms with Crippen molar-refractivity contribution in [1.29, 1.82) is 0 Å². The molecule has 1 fully saturated rings. The molecule has 1 aromatic carbocycles. The molecule has 1 aliphatic rings. The summed E-state index contributed by atoms with van der Waals surface area (Å²) in [5.74, 6) is 0.574. The predicted molar refractivity (Wildman–Crippen MR) is 136 cm³/mol. The summed E-state index contributed by atoms with van der Waals surface area (Å²) in [4.78, 5) is 30.0. The predicted octanol–water partition coefficient (Wildman–Crippen LogP) is 6.27. The molecule has 8 nitrogen and oxygen atoms in total. The number of anilines is 2. The highest BCUT2D eigenvalue weighted by atomic mass is 35.5. The zero-order valence-electron chi connectivity index (χ0n) is 20.2. The van der Waals surface area contributed by atoms with Gasteiger partial charge in [-0.2, -0.15) is 5.10 Å². The van der Waals surface area contributed by atoms with E-state index in [1.807, 2.05) is 37.3 Å². The average molecular weight is 496 g/mol. The number of hydrogen-bond acceptors (Lipinski definition) is 5. The van der Waals surface area contributed by atoms with Gasteiger partial charge in [0.1, 0.15) is 11.9 Å². The summed E-state index contributed by atoms with van der Waals surface area (Å²) in [5.41, 5.74) is 3.37. The highest BCUT2D eigenvalue weighted by molar-refractivity contribution is 6.31. The number of aryl methyl sites for hydroxylation is 2. The van der Waals surface area contributed by atoms with Crippen molar-refractivity contribution in [3.8, 4) is 11.3 Å². The molecule has 0 unspecified atom stereocenters. The van der Waals surface area contributed by atoms with Crippen LogP contribution in [-0.2, 0) is 16.6 Å². The number of rotatable bonds is 6. The molecule has 1 aliphatic carbocycles. The van der Waals surface area contributed by atoms with Crippen molar-refractivity contribution in [1.82, 2.24) is 14.8 Å². The lowest BCUT2D eigenvalue weighted by atomic mass is 9.88. The topological polar surface area (TPSA) is 98.1 Å². The molecule has 184 valence electrons. The first-order chi connectivity index (χ1) is 16.8. The van der Waals surface area contributed by atoms with Gasteiger partial charge < -0.3 is 10.1 Å². The van der Waals surface area contributed by atoms with E-state index in [-0.39, 0.29) is 11.8 Å². The Morgan fingerprint density at radius 1 is 1.11 bits per heavy atom. The molecule has 0 aliphatic heterocycles. The van der Waals surface area contributed by atoms with Crippen LogP contribution < -0.4 is 10.6 Å². The van der Waals surface area contributed by atoms with Crippen LogP contribution in [0, 0.1) is 12.8 Å². The van der Waals surface area contributed by atoms with Crippen molar-refractivity contribution in [3.05, 3.63) is 58.9 Å². The Morgan fingerprint density at radius 3 is 2.57 bits per heavy atom. The van der Waals surface area contributed by atoms with Gasteiger partial charge in [0.05, 0.1) is 28.8 Å². The highest BCUT2D eigenvalue weighted by Crippen LogP contribution is 2.30. The van der Waals surface area contributed by atoms with Crippen LogP contribution in [0.3, 0.4) is 0 Å². The van der Waals surface area contributed by atoms with Crippen LogP contribution in [0.2, 0.25) is 5.02 Å². The third-order valence-electron chi connectivity index (χ3n) is 6.38. The standard InChI is InChI=1S/C26H30ClN5O3/c1-16-22(30-25(33)18-9-5-4-6-10-18)13-14-23(29-16)20-15-28-32(3)24(20)31-26(34)35-17(2)19-11-7-8-12-21(19)27/h7-8,11-15,17-18H,4-6,9-10H2,1-3H3,(H,30,33)(H,31,34)/t17-/m0/s1. The van der Waals surface area contributed by atoms with Crippen LogP contribution in [0.1, 0.15) is 56.4 Å². The number of halogens is 1. The number of nitrogens with one attached hydrogen (secondary N) is 2. The van der Waals surface area contributed by atoms with Gasteiger partial charge in [-0.05, 0) is 44.9 Å². The number of carbonyl (C=O) groups is 2. The van der Waals surface area contributed by atoms with E-state index in [9.17, 15) is 9.59 Å². The van der Waals surface area contributed by atoms with E-state index in [0.29, 0.717) is 33.5 Å². The average Bonchev–Trinajstić information content (AvgIpc) is 3.20. The largest absolute Gasteiger partial charge is 0.441 e. The van der Waals surface area contributed by atoms with E-state index in [2.05, 4.69) is 20.7 Å². The number of aromatic nitrogens is 3. The number of benzene rings is 1. The van der Waals surface area contributed by atoms with Gasteiger partial charge in [-0.15, -0.1) is 0 Å². The lowest BCUT2D eigenvalue weighted by molar-refractivity contribution is -0.120. The smallest absolute Gasteiger partial charge is 0.413 e. The molecule has 4 rings (SSSR count). The van der Waals surface area contributed by atoms with Crippen LogP contribution in [0.15, 0.2) is 42.6 Å². The molecule has 2 heterocycles. The third kappa shape index (κ3) is 5.82. The zero-order chi connectivity index (χ0) is 24.9. The van der Waals surface area contributed by atoms with E-state index in [0.717, 1.165) is 31.2 Å². The number of pyridine rings is 1. The van der Waals surface area contributed by atoms with Gasteiger partial charge >= 0.3 is 6.09 Å². The first-order valence-corrected chi connectivity index (χ1v) is 12.2. The molecule has 1 saturated carbocycles. The maximum atomic E-state index is 12.6. The zero-order valence-corrected chi connectivity index (χ0v) is 20.9. The Morgan fingerprint density at radius 2 is 1.86 bits per heavy atom. The van der Waals surface area contributed by atoms with Gasteiger partial charge in [0.2, 0.25) is 5.91 Å². The van der Waals surface area contributed by atoms with Crippen LogP contribution in [0.4, 0.5) is 16.3 Å². The second-order valence-electron chi connectivity index (χ2n) is 8.88. The Bertz CT molecular complexity index is 1220. The minimum atomic E-state index is -0.629. The fourth-order valence-corrected chi connectivity index (χ4v) is 4.66. The summed E-state index contributed by atoms with van der Waals surface area (Å²) in [6.45, 7) is 3.61. The maximum absolute atomic E-state index is 12.6. The Hall–Kier alpha value is -3.39. The summed E-state index contributed by atoms with van der Waals surface area (Å²) < 4.78 is 7.09. The van der Waals surface area contributed by atoms with Crippen LogP contribution in [-0.4, -0.2) is 26.8 Å². The van der Waals surface area contributed by atoms with Crippen molar-refractivity contribution in [3.63, 3.8) is 0 Å². The Labute approximate surface area is 210 Å². The first-order valence-electron chi connectivity index (χ1n) is 11.9. The second kappa shape index (κ2) is 10.9. The monoisotopic (exact) mass is 495 g/mol. The van der Waals surface area contributed by atoms with Crippen LogP contribution >= 0.6 is 11.6 Å². The van der Waals surface area contributed by atoms with Crippen LogP contribution in [0.25, 0.3) is 11.3 Å². The molecule has 35 heavy (non-hydrogen) atoms. The van der Waals surface area contributed by atoms with E-state index in [1.54, 1.807) is 30.9 Å². The molecule has 2 N–H and O–H groups in total. The molecule has 2 aromatic heterocycles. The Balaban J connectivity index is 1.46. The minimum Gasteiger partial charge on any atom is -0.441 e. The van der Waals surface area contributed by atoms with Gasteiger partial charge in [-0.1, -0.05) is 49.1 Å². The summed E-state index contributed by atoms with van der Waals surface area (Å²) in [5, 5.41) is 10.6. The third-order valence-corrected chi connectivity index (χ3v) is 6.73. The normalized spacial score (nSPS) is 14.9. The fourth-order valence-electron chi connectivity index (χ4n) is 4.37. The molecular weight excluding hydrogens is 466 g/mol. The Kier molecular flexibility index (Phi) is 7.70. The number of carbonyl (C=O) groups excluding carboxylic acids is 2. The number of nitrogens with zero attached hydrogens (tertiary/aromatic N) is 3. The number of hydrogen-bond donors (Lipinski definition) is 2. The van der Waals surface area contributed by atoms with Crippen molar-refractivity contribution in [2.24, 2.45) is 13.0 Å². The SMILES string of the molecule is Cc1nc(-c2cnn(C)c2NC(=O)O[C@@H](C)c2ccccc2Cl)ccc1NC(=O)C1CCCCC1. The molecule has 1 atom stereocenters. The van der Waals surface area contributed by atoms with E-state index in [4.69, 9.17) is 16.3 Å². The van der Waals surface area contributed by atoms with Crippen molar-refractivity contribution >= 4 is 35.1 Å². The molecule has 9 heteroatoms. The van der Waals surface area contributed by atoms with E-state index in [1.165, 1.54) is 6.42 Å². The second-order valence-corrected chi connectivity index (χ2v) is 9.29. The van der Waals surface area contributed by atoms with Gasteiger partial charge in [0.15, 0.2) is 0 Å². The van der Waals surface area contributed by atoms with Crippen molar-refractivity contribution in [2.75, 3.05) is 10.6 Å². The molecule has 0 spiro atoms. The van der Waals surface area contributed by atoms with Gasteiger partial charge in [0, 0.05) is 23.6 Å². The van der Waals surface area contributed by atoms with Gasteiger partial charge in [-0.3, -0.25) is 19.8 Å². The molecule has 0 radical (unpaired) electrons. The summed E-state index contributed by atoms with van der Waals surface area (Å²) in [7, 11) is 1.72. The van der Waals surface area contributed by atoms with Gasteiger partial charge in [-0.25, -0.2) is 4.79 Å². The number of amides is 2.